The molecule has 2 aliphatic rings. The molecule has 1 saturated heterocycles. The minimum absolute atomic E-state index is 0.0850. The summed E-state index contributed by atoms with van der Waals surface area (Å²) in [4.78, 5) is 4.07. The van der Waals surface area contributed by atoms with Gasteiger partial charge in [0.2, 0.25) is 0 Å². The molecule has 1 saturated carbocycles. The second-order valence-corrected chi connectivity index (χ2v) is 7.00. The zero-order valence-corrected chi connectivity index (χ0v) is 12.1. The molecule has 2 fully saturated rings. The lowest BCUT2D eigenvalue weighted by Crippen LogP contribution is -2.50. The van der Waals surface area contributed by atoms with Crippen molar-refractivity contribution >= 4 is 0 Å². The van der Waals surface area contributed by atoms with E-state index < -0.39 is 0 Å². The molecule has 3 rings (SSSR count). The van der Waals surface area contributed by atoms with Gasteiger partial charge < -0.3 is 10.1 Å². The molecule has 1 spiro atoms. The maximum Gasteiger partial charge on any atom is 0.0633 e. The third kappa shape index (κ3) is 2.67. The Bertz CT molecular complexity index is 437. The first-order valence-corrected chi connectivity index (χ1v) is 7.28. The molecule has 3 nitrogen and oxygen atoms in total. The molecular formula is C16H24N2O. The topological polar surface area (TPSA) is 34.1 Å². The summed E-state index contributed by atoms with van der Waals surface area (Å²) in [6.45, 7) is 7.60. The van der Waals surface area contributed by atoms with Crippen molar-refractivity contribution in [2.45, 2.75) is 57.7 Å². The highest BCUT2D eigenvalue weighted by Crippen LogP contribution is 2.52. The summed E-state index contributed by atoms with van der Waals surface area (Å²) < 4.78 is 5.90. The van der Waals surface area contributed by atoms with E-state index in [2.05, 4.69) is 43.2 Å². The minimum Gasteiger partial charge on any atom is -0.375 e. The molecule has 0 radical (unpaired) electrons. The van der Waals surface area contributed by atoms with Crippen LogP contribution < -0.4 is 5.32 Å². The fourth-order valence-corrected chi connectivity index (χ4v) is 3.82. The third-order valence-corrected chi connectivity index (χ3v) is 4.62. The monoisotopic (exact) mass is 260 g/mol. The maximum absolute atomic E-state index is 5.90. The highest BCUT2D eigenvalue weighted by Gasteiger charge is 2.52. The van der Waals surface area contributed by atoms with Crippen LogP contribution in [0.3, 0.4) is 0 Å². The first kappa shape index (κ1) is 13.1. The van der Waals surface area contributed by atoms with Gasteiger partial charge in [0.25, 0.3) is 0 Å². The van der Waals surface area contributed by atoms with Crippen molar-refractivity contribution in [2.75, 3.05) is 6.61 Å². The van der Waals surface area contributed by atoms with Crippen LogP contribution in [0.2, 0.25) is 0 Å². The zero-order chi connectivity index (χ0) is 13.5. The average molecular weight is 260 g/mol. The van der Waals surface area contributed by atoms with Crippen molar-refractivity contribution in [3.63, 3.8) is 0 Å². The number of hydrogen-bond donors (Lipinski definition) is 1. The summed E-state index contributed by atoms with van der Waals surface area (Å²) >= 11 is 0. The van der Waals surface area contributed by atoms with Crippen molar-refractivity contribution in [1.29, 1.82) is 0 Å². The van der Waals surface area contributed by atoms with Gasteiger partial charge in [-0.25, -0.2) is 0 Å². The molecule has 1 aromatic rings. The number of aromatic nitrogens is 1. The Kier molecular flexibility index (Phi) is 3.14. The minimum atomic E-state index is 0.0850. The molecule has 104 valence electrons. The molecule has 1 unspecified atom stereocenters. The van der Waals surface area contributed by atoms with Crippen molar-refractivity contribution < 1.29 is 4.74 Å². The molecule has 0 amide bonds. The lowest BCUT2D eigenvalue weighted by atomic mass is 9.63. The molecule has 2 heterocycles. The van der Waals surface area contributed by atoms with E-state index in [-0.39, 0.29) is 5.60 Å². The van der Waals surface area contributed by atoms with Crippen molar-refractivity contribution in [3.05, 3.63) is 30.1 Å². The zero-order valence-electron chi connectivity index (χ0n) is 12.1. The molecule has 19 heavy (non-hydrogen) atoms. The van der Waals surface area contributed by atoms with Crippen LogP contribution in [0.25, 0.3) is 0 Å². The van der Waals surface area contributed by atoms with E-state index in [0.29, 0.717) is 17.5 Å². The summed E-state index contributed by atoms with van der Waals surface area (Å²) in [5.41, 5.74) is 1.86. The SMILES string of the molecule is CC(NC1CC2(COC(C)(C)C2)C1)c1ccncc1. The fraction of sp³-hybridized carbons (Fsp3) is 0.688. The van der Waals surface area contributed by atoms with Crippen LogP contribution in [0.1, 0.15) is 51.6 Å². The molecule has 0 aromatic carbocycles. The smallest absolute Gasteiger partial charge is 0.0633 e. The van der Waals surface area contributed by atoms with Crippen molar-refractivity contribution in [2.24, 2.45) is 5.41 Å². The van der Waals surface area contributed by atoms with Gasteiger partial charge in [-0.1, -0.05) is 0 Å². The lowest BCUT2D eigenvalue weighted by Gasteiger charge is -2.46. The molecule has 1 aromatic heterocycles. The highest BCUT2D eigenvalue weighted by molar-refractivity contribution is 5.15. The van der Waals surface area contributed by atoms with Gasteiger partial charge in [-0.15, -0.1) is 0 Å². The Hall–Kier alpha value is -0.930. The fourth-order valence-electron chi connectivity index (χ4n) is 3.82. The van der Waals surface area contributed by atoms with Gasteiger partial charge in [0.15, 0.2) is 0 Å². The lowest BCUT2D eigenvalue weighted by molar-refractivity contribution is 0.0168. The normalized spacial score (nSPS) is 34.2. The standard InChI is InChI=1S/C16H24N2O/c1-12(13-4-6-17-7-5-13)18-14-8-16(9-14)10-15(2,3)19-11-16/h4-7,12,14,18H,8-11H2,1-3H3. The average Bonchev–Trinajstić information content (AvgIpc) is 2.66. The number of nitrogens with one attached hydrogen (secondary N) is 1. The summed E-state index contributed by atoms with van der Waals surface area (Å²) in [6.07, 6.45) is 7.45. The summed E-state index contributed by atoms with van der Waals surface area (Å²) in [7, 11) is 0. The summed E-state index contributed by atoms with van der Waals surface area (Å²) in [5, 5.41) is 3.73. The molecule has 1 aliphatic carbocycles. The Labute approximate surface area is 115 Å². The molecular weight excluding hydrogens is 236 g/mol. The molecule has 3 heteroatoms. The molecule has 1 aliphatic heterocycles. The van der Waals surface area contributed by atoms with Gasteiger partial charge in [-0.05, 0) is 63.1 Å². The maximum atomic E-state index is 5.90. The quantitative estimate of drug-likeness (QED) is 0.907. The van der Waals surface area contributed by atoms with Gasteiger partial charge in [0.05, 0.1) is 12.2 Å². The van der Waals surface area contributed by atoms with Gasteiger partial charge in [0.1, 0.15) is 0 Å². The molecule has 1 N–H and O–H groups in total. The van der Waals surface area contributed by atoms with E-state index in [4.69, 9.17) is 4.74 Å². The highest BCUT2D eigenvalue weighted by atomic mass is 16.5. The Morgan fingerprint density at radius 3 is 2.58 bits per heavy atom. The Morgan fingerprint density at radius 2 is 2.00 bits per heavy atom. The molecule has 1 atom stereocenters. The predicted molar refractivity (Wildman–Crippen MR) is 75.9 cm³/mol. The number of pyridine rings is 1. The van der Waals surface area contributed by atoms with Crippen LogP contribution in [0.15, 0.2) is 24.5 Å². The Morgan fingerprint density at radius 1 is 1.32 bits per heavy atom. The van der Waals surface area contributed by atoms with Gasteiger partial charge in [-0.3, -0.25) is 4.98 Å². The Balaban J connectivity index is 1.52. The van der Waals surface area contributed by atoms with Crippen LogP contribution in [0.4, 0.5) is 0 Å². The van der Waals surface area contributed by atoms with E-state index in [9.17, 15) is 0 Å². The number of nitrogens with zero attached hydrogens (tertiary/aromatic N) is 1. The largest absolute Gasteiger partial charge is 0.375 e. The van der Waals surface area contributed by atoms with Gasteiger partial charge >= 0.3 is 0 Å². The van der Waals surface area contributed by atoms with Crippen molar-refractivity contribution in [1.82, 2.24) is 10.3 Å². The van der Waals surface area contributed by atoms with Gasteiger partial charge in [0, 0.05) is 24.5 Å². The second kappa shape index (κ2) is 4.57. The molecule has 0 bridgehead atoms. The second-order valence-electron chi connectivity index (χ2n) is 7.00. The van der Waals surface area contributed by atoms with Crippen LogP contribution in [-0.2, 0) is 4.74 Å². The van der Waals surface area contributed by atoms with Crippen LogP contribution in [-0.4, -0.2) is 23.2 Å². The first-order chi connectivity index (χ1) is 8.98. The summed E-state index contributed by atoms with van der Waals surface area (Å²) in [6, 6.07) is 5.23. The van der Waals surface area contributed by atoms with Crippen molar-refractivity contribution in [3.8, 4) is 0 Å². The number of rotatable bonds is 3. The number of ether oxygens (including phenoxy) is 1. The van der Waals surface area contributed by atoms with E-state index in [1.54, 1.807) is 0 Å². The van der Waals surface area contributed by atoms with E-state index in [0.717, 1.165) is 6.61 Å². The van der Waals surface area contributed by atoms with E-state index in [1.165, 1.54) is 24.8 Å². The summed E-state index contributed by atoms with van der Waals surface area (Å²) in [5.74, 6) is 0. The number of hydrogen-bond acceptors (Lipinski definition) is 3. The van der Waals surface area contributed by atoms with Gasteiger partial charge in [-0.2, -0.15) is 0 Å². The third-order valence-electron chi connectivity index (χ3n) is 4.62. The van der Waals surface area contributed by atoms with Crippen LogP contribution in [0.5, 0.6) is 0 Å². The predicted octanol–water partition coefficient (Wildman–Crippen LogP) is 3.08. The van der Waals surface area contributed by atoms with Crippen LogP contribution >= 0.6 is 0 Å². The van der Waals surface area contributed by atoms with E-state index >= 15 is 0 Å². The first-order valence-electron chi connectivity index (χ1n) is 7.28. The van der Waals surface area contributed by atoms with Crippen LogP contribution in [0, 0.1) is 5.41 Å². The van der Waals surface area contributed by atoms with E-state index in [1.807, 2.05) is 12.4 Å².